The summed E-state index contributed by atoms with van der Waals surface area (Å²) < 4.78 is 15.9. The summed E-state index contributed by atoms with van der Waals surface area (Å²) in [6, 6.07) is 2.11. The van der Waals surface area contributed by atoms with E-state index in [0.29, 0.717) is 6.54 Å². The Morgan fingerprint density at radius 1 is 1.29 bits per heavy atom. The first-order valence-corrected chi connectivity index (χ1v) is 7.04. The van der Waals surface area contributed by atoms with E-state index in [1.807, 2.05) is 13.1 Å². The number of hydrogen-bond donors (Lipinski definition) is 1. The third kappa shape index (κ3) is 5.13. The Bertz CT molecular complexity index is 537. The minimum atomic E-state index is -0.385. The van der Waals surface area contributed by atoms with Gasteiger partial charge in [-0.1, -0.05) is 6.92 Å². The summed E-state index contributed by atoms with van der Waals surface area (Å²) in [5.74, 6) is 0. The van der Waals surface area contributed by atoms with Gasteiger partial charge in [0.1, 0.15) is 6.67 Å². The first kappa shape index (κ1) is 17.7. The zero-order valence-electron chi connectivity index (χ0n) is 12.5. The second kappa shape index (κ2) is 8.79. The highest BCUT2D eigenvalue weighted by Gasteiger charge is 2.05. The van der Waals surface area contributed by atoms with Gasteiger partial charge in [0.2, 0.25) is 0 Å². The van der Waals surface area contributed by atoms with Gasteiger partial charge in [0.15, 0.2) is 0 Å². The molecule has 0 aromatic carbocycles. The Hall–Kier alpha value is -1.40. The molecule has 0 unspecified atom stereocenters. The molecule has 0 bridgehead atoms. The highest BCUT2D eigenvalue weighted by molar-refractivity contribution is 5.85. The van der Waals surface area contributed by atoms with E-state index in [0.717, 1.165) is 37.3 Å². The normalized spacial score (nSPS) is 10.6. The number of aromatic nitrogens is 4. The van der Waals surface area contributed by atoms with Crippen molar-refractivity contribution in [2.75, 3.05) is 6.67 Å². The summed E-state index contributed by atoms with van der Waals surface area (Å²) in [4.78, 5) is 0. The molecule has 2 rings (SSSR count). The van der Waals surface area contributed by atoms with E-state index >= 15 is 0 Å². The van der Waals surface area contributed by atoms with Crippen LogP contribution in [0, 0.1) is 6.92 Å². The van der Waals surface area contributed by atoms with Gasteiger partial charge < -0.3 is 5.32 Å². The molecule has 0 aliphatic carbocycles. The van der Waals surface area contributed by atoms with Crippen LogP contribution in [0.1, 0.15) is 30.3 Å². The van der Waals surface area contributed by atoms with Crippen LogP contribution in [0.15, 0.2) is 18.5 Å². The van der Waals surface area contributed by atoms with Gasteiger partial charge in [-0.3, -0.25) is 9.36 Å². The zero-order valence-corrected chi connectivity index (χ0v) is 13.4. The van der Waals surface area contributed by atoms with Gasteiger partial charge in [-0.2, -0.15) is 10.2 Å². The maximum absolute atomic E-state index is 12.2. The first-order chi connectivity index (χ1) is 9.72. The molecule has 0 radical (unpaired) electrons. The molecule has 0 aliphatic heterocycles. The SMILES string of the molecule is CCCn1nc(C)cc1CNCc1cnn(CCF)c1.Cl. The Balaban J connectivity index is 0.00000220. The lowest BCUT2D eigenvalue weighted by atomic mass is 10.3. The molecule has 0 fully saturated rings. The third-order valence-electron chi connectivity index (χ3n) is 3.06. The molecule has 7 heteroatoms. The number of aryl methyl sites for hydroxylation is 3. The van der Waals surface area contributed by atoms with Crippen molar-refractivity contribution in [3.05, 3.63) is 35.4 Å². The predicted octanol–water partition coefficient (Wildman–Crippen LogP) is 2.48. The van der Waals surface area contributed by atoms with Crippen LogP contribution in [0.4, 0.5) is 4.39 Å². The standard InChI is InChI=1S/C14H22FN5.ClH/c1-3-5-20-14(7-12(2)18-20)10-16-8-13-9-17-19(11-13)6-4-15;/h7,9,11,16H,3-6,8,10H2,1-2H3;1H. The molecule has 0 saturated heterocycles. The molecular formula is C14H23ClFN5. The second-order valence-corrected chi connectivity index (χ2v) is 4.90. The van der Waals surface area contributed by atoms with E-state index in [1.54, 1.807) is 10.9 Å². The number of halogens is 2. The third-order valence-corrected chi connectivity index (χ3v) is 3.06. The maximum Gasteiger partial charge on any atom is 0.109 e. The van der Waals surface area contributed by atoms with E-state index in [-0.39, 0.29) is 19.1 Å². The van der Waals surface area contributed by atoms with Crippen molar-refractivity contribution < 1.29 is 4.39 Å². The van der Waals surface area contributed by atoms with Crippen LogP contribution in [0.5, 0.6) is 0 Å². The van der Waals surface area contributed by atoms with Crippen molar-refractivity contribution in [2.45, 2.75) is 46.4 Å². The Labute approximate surface area is 130 Å². The van der Waals surface area contributed by atoms with Gasteiger partial charge in [0, 0.05) is 31.4 Å². The summed E-state index contributed by atoms with van der Waals surface area (Å²) in [6.45, 7) is 6.54. The molecule has 0 spiro atoms. The highest BCUT2D eigenvalue weighted by atomic mass is 35.5. The number of nitrogens with zero attached hydrogens (tertiary/aromatic N) is 4. The molecule has 2 heterocycles. The van der Waals surface area contributed by atoms with Gasteiger partial charge in [0.25, 0.3) is 0 Å². The van der Waals surface area contributed by atoms with Crippen molar-refractivity contribution in [3.63, 3.8) is 0 Å². The van der Waals surface area contributed by atoms with Crippen LogP contribution < -0.4 is 5.32 Å². The van der Waals surface area contributed by atoms with E-state index in [4.69, 9.17) is 0 Å². The van der Waals surface area contributed by atoms with Gasteiger partial charge >= 0.3 is 0 Å². The van der Waals surface area contributed by atoms with Crippen molar-refractivity contribution >= 4 is 12.4 Å². The molecule has 118 valence electrons. The Morgan fingerprint density at radius 3 is 2.81 bits per heavy atom. The van der Waals surface area contributed by atoms with Crippen molar-refractivity contribution in [1.82, 2.24) is 24.9 Å². The van der Waals surface area contributed by atoms with Crippen molar-refractivity contribution in [2.24, 2.45) is 0 Å². The van der Waals surface area contributed by atoms with Crippen LogP contribution in [0.3, 0.4) is 0 Å². The Kier molecular flexibility index (Phi) is 7.39. The fourth-order valence-corrected chi connectivity index (χ4v) is 2.19. The fourth-order valence-electron chi connectivity index (χ4n) is 2.19. The zero-order chi connectivity index (χ0) is 14.4. The maximum atomic E-state index is 12.2. The molecular weight excluding hydrogens is 293 g/mol. The lowest BCUT2D eigenvalue weighted by Crippen LogP contribution is -2.16. The summed E-state index contributed by atoms with van der Waals surface area (Å²) in [7, 11) is 0. The smallest absolute Gasteiger partial charge is 0.109 e. The predicted molar refractivity (Wildman–Crippen MR) is 83.2 cm³/mol. The number of alkyl halides is 1. The lowest BCUT2D eigenvalue weighted by molar-refractivity contribution is 0.427. The van der Waals surface area contributed by atoms with Crippen LogP contribution in [-0.2, 0) is 26.2 Å². The molecule has 0 aliphatic rings. The lowest BCUT2D eigenvalue weighted by Gasteiger charge is -2.06. The molecule has 5 nitrogen and oxygen atoms in total. The van der Waals surface area contributed by atoms with Crippen molar-refractivity contribution in [1.29, 1.82) is 0 Å². The molecule has 0 atom stereocenters. The number of hydrogen-bond acceptors (Lipinski definition) is 3. The molecule has 2 aromatic rings. The monoisotopic (exact) mass is 315 g/mol. The molecule has 21 heavy (non-hydrogen) atoms. The van der Waals surface area contributed by atoms with E-state index in [1.165, 1.54) is 5.69 Å². The van der Waals surface area contributed by atoms with Gasteiger partial charge in [-0.05, 0) is 19.4 Å². The van der Waals surface area contributed by atoms with Crippen LogP contribution in [-0.4, -0.2) is 26.2 Å². The highest BCUT2D eigenvalue weighted by Crippen LogP contribution is 2.05. The molecule has 0 amide bonds. The molecule has 0 saturated carbocycles. The molecule has 1 N–H and O–H groups in total. The van der Waals surface area contributed by atoms with Crippen LogP contribution in [0.25, 0.3) is 0 Å². The summed E-state index contributed by atoms with van der Waals surface area (Å²) in [5.41, 5.74) is 3.31. The Morgan fingerprint density at radius 2 is 2.10 bits per heavy atom. The number of rotatable bonds is 8. The van der Waals surface area contributed by atoms with Crippen molar-refractivity contribution in [3.8, 4) is 0 Å². The first-order valence-electron chi connectivity index (χ1n) is 7.04. The van der Waals surface area contributed by atoms with Crippen LogP contribution in [0.2, 0.25) is 0 Å². The molecule has 2 aromatic heterocycles. The summed E-state index contributed by atoms with van der Waals surface area (Å²) in [6.07, 6.45) is 4.72. The van der Waals surface area contributed by atoms with E-state index in [2.05, 4.69) is 33.2 Å². The topological polar surface area (TPSA) is 47.7 Å². The van der Waals surface area contributed by atoms with Gasteiger partial charge in [0.05, 0.1) is 24.1 Å². The summed E-state index contributed by atoms with van der Waals surface area (Å²) in [5, 5.41) is 12.0. The second-order valence-electron chi connectivity index (χ2n) is 4.90. The average Bonchev–Trinajstić information content (AvgIpc) is 2.98. The minimum absolute atomic E-state index is 0. The van der Waals surface area contributed by atoms with E-state index < -0.39 is 0 Å². The quantitative estimate of drug-likeness (QED) is 0.814. The fraction of sp³-hybridized carbons (Fsp3) is 0.571. The van der Waals surface area contributed by atoms with E-state index in [9.17, 15) is 4.39 Å². The minimum Gasteiger partial charge on any atom is -0.307 e. The van der Waals surface area contributed by atoms with Gasteiger partial charge in [-0.15, -0.1) is 12.4 Å². The number of nitrogens with one attached hydrogen (secondary N) is 1. The summed E-state index contributed by atoms with van der Waals surface area (Å²) >= 11 is 0. The van der Waals surface area contributed by atoms with Crippen LogP contribution >= 0.6 is 12.4 Å². The average molecular weight is 316 g/mol. The largest absolute Gasteiger partial charge is 0.307 e. The van der Waals surface area contributed by atoms with Gasteiger partial charge in [-0.25, -0.2) is 4.39 Å².